The lowest BCUT2D eigenvalue weighted by molar-refractivity contribution is -0.142. The van der Waals surface area contributed by atoms with Gasteiger partial charge in [-0.05, 0) is 0 Å². The third kappa shape index (κ3) is 4.39. The number of esters is 1. The Bertz CT molecular complexity index is 789. The lowest BCUT2D eigenvalue weighted by Gasteiger charge is -2.13. The van der Waals surface area contributed by atoms with Crippen LogP contribution in [0.15, 0.2) is 76.5 Å². The van der Waals surface area contributed by atoms with E-state index in [9.17, 15) is 4.79 Å². The highest BCUT2D eigenvalue weighted by Gasteiger charge is 2.21. The summed E-state index contributed by atoms with van der Waals surface area (Å²) in [6, 6.07) is 19.1. The lowest BCUT2D eigenvalue weighted by atomic mass is 10.0. The topological polar surface area (TPSA) is 51.5 Å². The van der Waals surface area contributed by atoms with Gasteiger partial charge in [0.05, 0.1) is 24.0 Å². The minimum absolute atomic E-state index is 0.364. The standard InChI is InChI=1S/C20H18N2O2S/c1-24-20(23)18(12-17-13-25-14-21-17)22-19(15-8-4-2-5-9-15)16-10-6-3-7-11-16/h2-11,13-14,18H,12H2,1H3. The van der Waals surface area contributed by atoms with Crippen LogP contribution < -0.4 is 0 Å². The van der Waals surface area contributed by atoms with Crippen molar-refractivity contribution in [1.82, 2.24) is 4.98 Å². The molecule has 0 saturated carbocycles. The Morgan fingerprint density at radius 2 is 1.68 bits per heavy atom. The molecule has 126 valence electrons. The normalized spacial score (nSPS) is 11.6. The number of carbonyl (C=O) groups excluding carboxylic acids is 1. The number of aromatic nitrogens is 1. The fourth-order valence-corrected chi connectivity index (χ4v) is 3.09. The maximum Gasteiger partial charge on any atom is 0.331 e. The Hall–Kier alpha value is -2.79. The van der Waals surface area contributed by atoms with E-state index >= 15 is 0 Å². The Kier molecular flexibility index (Phi) is 5.69. The SMILES string of the molecule is COC(=O)C(Cc1cscn1)N=C(c1ccccc1)c1ccccc1. The molecule has 0 amide bonds. The quantitative estimate of drug-likeness (QED) is 0.502. The van der Waals surface area contributed by atoms with Crippen molar-refractivity contribution in [2.24, 2.45) is 4.99 Å². The minimum Gasteiger partial charge on any atom is -0.467 e. The number of hydrogen-bond acceptors (Lipinski definition) is 5. The van der Waals surface area contributed by atoms with E-state index in [0.29, 0.717) is 6.42 Å². The first kappa shape index (κ1) is 17.0. The summed E-state index contributed by atoms with van der Waals surface area (Å²) in [5, 5.41) is 1.93. The van der Waals surface area contributed by atoms with Crippen LogP contribution in [0.2, 0.25) is 0 Å². The van der Waals surface area contributed by atoms with Gasteiger partial charge in [0.25, 0.3) is 0 Å². The van der Waals surface area contributed by atoms with Crippen LogP contribution in [-0.2, 0) is 16.0 Å². The van der Waals surface area contributed by atoms with Gasteiger partial charge in [-0.15, -0.1) is 11.3 Å². The second kappa shape index (κ2) is 8.35. The Balaban J connectivity index is 2.03. The number of hydrogen-bond donors (Lipinski definition) is 0. The van der Waals surface area contributed by atoms with Crippen molar-refractivity contribution in [2.45, 2.75) is 12.5 Å². The molecule has 1 unspecified atom stereocenters. The average molecular weight is 350 g/mol. The molecule has 3 aromatic rings. The van der Waals surface area contributed by atoms with Crippen molar-refractivity contribution in [3.8, 4) is 0 Å². The van der Waals surface area contributed by atoms with Crippen LogP contribution in [0.3, 0.4) is 0 Å². The molecule has 0 N–H and O–H groups in total. The molecular weight excluding hydrogens is 332 g/mol. The highest BCUT2D eigenvalue weighted by atomic mass is 32.1. The highest BCUT2D eigenvalue weighted by molar-refractivity contribution is 7.07. The Morgan fingerprint density at radius 3 is 2.16 bits per heavy atom. The molecule has 0 spiro atoms. The molecule has 1 atom stereocenters. The summed E-state index contributed by atoms with van der Waals surface area (Å²) in [6.07, 6.45) is 0.416. The minimum atomic E-state index is -0.637. The van der Waals surface area contributed by atoms with Gasteiger partial charge in [0.15, 0.2) is 6.04 Å². The van der Waals surface area contributed by atoms with E-state index in [4.69, 9.17) is 9.73 Å². The predicted molar refractivity (Wildman–Crippen MR) is 100 cm³/mol. The largest absolute Gasteiger partial charge is 0.467 e. The Morgan fingerprint density at radius 1 is 1.08 bits per heavy atom. The zero-order valence-corrected chi connectivity index (χ0v) is 14.6. The summed E-state index contributed by atoms with van der Waals surface area (Å²) < 4.78 is 4.96. The van der Waals surface area contributed by atoms with E-state index in [1.807, 2.05) is 66.0 Å². The van der Waals surface area contributed by atoms with Crippen molar-refractivity contribution in [3.63, 3.8) is 0 Å². The predicted octanol–water partition coefficient (Wildman–Crippen LogP) is 3.76. The number of benzene rings is 2. The molecule has 5 heteroatoms. The molecule has 0 bridgehead atoms. The van der Waals surface area contributed by atoms with Gasteiger partial charge in [-0.2, -0.15) is 0 Å². The molecule has 0 aliphatic heterocycles. The molecule has 0 radical (unpaired) electrons. The molecule has 1 aromatic heterocycles. The van der Waals surface area contributed by atoms with E-state index in [0.717, 1.165) is 22.5 Å². The van der Waals surface area contributed by atoms with Crippen molar-refractivity contribution >= 4 is 23.0 Å². The number of carbonyl (C=O) groups is 1. The van der Waals surface area contributed by atoms with E-state index < -0.39 is 6.04 Å². The van der Waals surface area contributed by atoms with E-state index in [-0.39, 0.29) is 5.97 Å². The van der Waals surface area contributed by atoms with Gasteiger partial charge in [0.2, 0.25) is 0 Å². The van der Waals surface area contributed by atoms with Crippen LogP contribution in [0.1, 0.15) is 16.8 Å². The summed E-state index contributed by atoms with van der Waals surface area (Å²) in [5.74, 6) is -0.364. The first-order valence-electron chi connectivity index (χ1n) is 7.91. The third-order valence-corrected chi connectivity index (χ3v) is 4.37. The summed E-state index contributed by atoms with van der Waals surface area (Å²) in [7, 11) is 1.39. The summed E-state index contributed by atoms with van der Waals surface area (Å²) in [5.41, 5.74) is 5.28. The van der Waals surface area contributed by atoms with Crippen LogP contribution in [-0.4, -0.2) is 29.8 Å². The fourth-order valence-electron chi connectivity index (χ4n) is 2.52. The molecule has 25 heavy (non-hydrogen) atoms. The van der Waals surface area contributed by atoms with Crippen molar-refractivity contribution in [2.75, 3.05) is 7.11 Å². The molecule has 0 aliphatic carbocycles. The zero-order valence-electron chi connectivity index (χ0n) is 13.8. The van der Waals surface area contributed by atoms with Gasteiger partial charge in [-0.25, -0.2) is 9.78 Å². The van der Waals surface area contributed by atoms with Crippen LogP contribution >= 0.6 is 11.3 Å². The van der Waals surface area contributed by atoms with Gasteiger partial charge in [-0.3, -0.25) is 4.99 Å². The van der Waals surface area contributed by atoms with Crippen molar-refractivity contribution in [3.05, 3.63) is 88.4 Å². The van der Waals surface area contributed by atoms with Crippen LogP contribution in [0.25, 0.3) is 0 Å². The zero-order chi connectivity index (χ0) is 17.5. The molecule has 0 aliphatic rings. The van der Waals surface area contributed by atoms with Crippen LogP contribution in [0, 0.1) is 0 Å². The first-order chi connectivity index (χ1) is 12.3. The molecule has 0 saturated heterocycles. The van der Waals surface area contributed by atoms with Crippen molar-refractivity contribution < 1.29 is 9.53 Å². The summed E-state index contributed by atoms with van der Waals surface area (Å²) >= 11 is 1.50. The number of thiazole rings is 1. The van der Waals surface area contributed by atoms with Crippen LogP contribution in [0.4, 0.5) is 0 Å². The number of methoxy groups -OCH3 is 1. The second-order valence-electron chi connectivity index (χ2n) is 5.43. The molecule has 3 rings (SSSR count). The molecule has 2 aromatic carbocycles. The Labute approximate surface area is 150 Å². The molecule has 0 fully saturated rings. The van der Waals surface area contributed by atoms with Gasteiger partial charge in [-0.1, -0.05) is 60.7 Å². The number of ether oxygens (including phenoxy) is 1. The maximum atomic E-state index is 12.3. The van der Waals surface area contributed by atoms with E-state index in [2.05, 4.69) is 4.98 Å². The summed E-state index contributed by atoms with van der Waals surface area (Å²) in [4.78, 5) is 21.3. The van der Waals surface area contributed by atoms with E-state index in [1.165, 1.54) is 18.4 Å². The van der Waals surface area contributed by atoms with Gasteiger partial charge >= 0.3 is 5.97 Å². The molecule has 4 nitrogen and oxygen atoms in total. The van der Waals surface area contributed by atoms with Crippen molar-refractivity contribution in [1.29, 1.82) is 0 Å². The van der Waals surface area contributed by atoms with Gasteiger partial charge in [0.1, 0.15) is 0 Å². The number of aliphatic imine (C=N–C) groups is 1. The highest BCUT2D eigenvalue weighted by Crippen LogP contribution is 2.15. The number of rotatable bonds is 6. The average Bonchev–Trinajstić information content (AvgIpc) is 3.19. The van der Waals surface area contributed by atoms with E-state index in [1.54, 1.807) is 5.51 Å². The van der Waals surface area contributed by atoms with Crippen LogP contribution in [0.5, 0.6) is 0 Å². The maximum absolute atomic E-state index is 12.3. The smallest absolute Gasteiger partial charge is 0.331 e. The monoisotopic (exact) mass is 350 g/mol. The van der Waals surface area contributed by atoms with Gasteiger partial charge in [0, 0.05) is 22.9 Å². The second-order valence-corrected chi connectivity index (χ2v) is 6.15. The lowest BCUT2D eigenvalue weighted by Crippen LogP contribution is -2.25. The first-order valence-corrected chi connectivity index (χ1v) is 8.85. The number of nitrogens with zero attached hydrogens (tertiary/aromatic N) is 2. The third-order valence-electron chi connectivity index (χ3n) is 3.74. The fraction of sp³-hybridized carbons (Fsp3) is 0.150. The molecular formula is C20H18N2O2S. The molecule has 1 heterocycles. The summed E-state index contributed by atoms with van der Waals surface area (Å²) in [6.45, 7) is 0. The van der Waals surface area contributed by atoms with Gasteiger partial charge < -0.3 is 4.74 Å².